The number of nitrogens with one attached hydrogen (secondary N) is 1. The molecule has 1 atom stereocenters. The lowest BCUT2D eigenvalue weighted by molar-refractivity contribution is -0.122. The third-order valence-corrected chi connectivity index (χ3v) is 5.27. The molecular formula is C26H26N2O4. The van der Waals surface area contributed by atoms with Crippen molar-refractivity contribution in [3.05, 3.63) is 84.4 Å². The third-order valence-electron chi connectivity index (χ3n) is 5.27. The van der Waals surface area contributed by atoms with Crippen molar-refractivity contribution in [1.82, 2.24) is 0 Å². The number of rotatable bonds is 8. The number of carbonyl (C=O) groups excluding carboxylic acids is 2. The van der Waals surface area contributed by atoms with E-state index < -0.39 is 6.10 Å². The van der Waals surface area contributed by atoms with E-state index >= 15 is 0 Å². The monoisotopic (exact) mass is 430 g/mol. The first kappa shape index (κ1) is 21.4. The molecule has 6 heteroatoms. The topological polar surface area (TPSA) is 67.9 Å². The van der Waals surface area contributed by atoms with Crippen molar-refractivity contribution in [3.63, 3.8) is 0 Å². The maximum atomic E-state index is 12.5. The van der Waals surface area contributed by atoms with Crippen LogP contribution in [-0.2, 0) is 16.2 Å². The molecule has 3 aromatic carbocycles. The molecule has 1 fully saturated rings. The number of amides is 2. The molecule has 0 saturated carbocycles. The van der Waals surface area contributed by atoms with Gasteiger partial charge in [-0.1, -0.05) is 30.3 Å². The van der Waals surface area contributed by atoms with Crippen LogP contribution in [0.3, 0.4) is 0 Å². The number of anilines is 2. The summed E-state index contributed by atoms with van der Waals surface area (Å²) in [5.74, 6) is 1.20. The number of hydrogen-bond acceptors (Lipinski definition) is 4. The van der Waals surface area contributed by atoms with E-state index in [2.05, 4.69) is 5.32 Å². The van der Waals surface area contributed by atoms with Crippen LogP contribution in [0.2, 0.25) is 0 Å². The van der Waals surface area contributed by atoms with Gasteiger partial charge in [0.2, 0.25) is 5.91 Å². The van der Waals surface area contributed by atoms with Crippen molar-refractivity contribution < 1.29 is 19.1 Å². The predicted molar refractivity (Wildman–Crippen MR) is 124 cm³/mol. The second kappa shape index (κ2) is 10.0. The normalized spacial score (nSPS) is 14.2. The fraction of sp³-hybridized carbons (Fsp3) is 0.231. The van der Waals surface area contributed by atoms with Crippen LogP contribution in [0.25, 0.3) is 0 Å². The first-order valence-electron chi connectivity index (χ1n) is 10.7. The maximum absolute atomic E-state index is 12.5. The summed E-state index contributed by atoms with van der Waals surface area (Å²) in [6.07, 6.45) is 0.799. The van der Waals surface area contributed by atoms with Gasteiger partial charge in [-0.15, -0.1) is 0 Å². The Balaban J connectivity index is 1.27. The van der Waals surface area contributed by atoms with Gasteiger partial charge in [-0.25, -0.2) is 0 Å². The van der Waals surface area contributed by atoms with Crippen LogP contribution < -0.4 is 19.7 Å². The van der Waals surface area contributed by atoms with Gasteiger partial charge in [-0.3, -0.25) is 9.59 Å². The molecule has 0 spiro atoms. The van der Waals surface area contributed by atoms with E-state index in [1.54, 1.807) is 36.1 Å². The zero-order chi connectivity index (χ0) is 22.3. The Kier molecular flexibility index (Phi) is 6.70. The van der Waals surface area contributed by atoms with Gasteiger partial charge in [0, 0.05) is 24.3 Å². The summed E-state index contributed by atoms with van der Waals surface area (Å²) in [5.41, 5.74) is 2.61. The first-order valence-corrected chi connectivity index (χ1v) is 10.7. The highest BCUT2D eigenvalue weighted by molar-refractivity contribution is 5.95. The molecular weight excluding hydrogens is 404 g/mol. The molecule has 2 amide bonds. The highest BCUT2D eigenvalue weighted by Crippen LogP contribution is 2.24. The van der Waals surface area contributed by atoms with Crippen LogP contribution in [0.1, 0.15) is 25.3 Å². The Labute approximate surface area is 187 Å². The van der Waals surface area contributed by atoms with Crippen LogP contribution in [0.5, 0.6) is 11.5 Å². The lowest BCUT2D eigenvalue weighted by Gasteiger charge is -2.18. The van der Waals surface area contributed by atoms with Gasteiger partial charge in [0.15, 0.2) is 6.10 Å². The molecule has 0 bridgehead atoms. The summed E-state index contributed by atoms with van der Waals surface area (Å²) in [6.45, 7) is 2.93. The van der Waals surface area contributed by atoms with E-state index in [9.17, 15) is 9.59 Å². The Bertz CT molecular complexity index is 1050. The summed E-state index contributed by atoms with van der Waals surface area (Å²) in [4.78, 5) is 26.1. The fourth-order valence-corrected chi connectivity index (χ4v) is 3.50. The molecule has 0 aromatic heterocycles. The van der Waals surface area contributed by atoms with Gasteiger partial charge >= 0.3 is 0 Å². The molecule has 164 valence electrons. The predicted octanol–water partition coefficient (Wildman–Crippen LogP) is 4.80. The largest absolute Gasteiger partial charge is 0.489 e. The minimum absolute atomic E-state index is 0.142. The minimum atomic E-state index is -0.678. The molecule has 1 N–H and O–H groups in total. The van der Waals surface area contributed by atoms with Crippen LogP contribution in [0.4, 0.5) is 11.4 Å². The highest BCUT2D eigenvalue weighted by Gasteiger charge is 2.22. The molecule has 1 aliphatic rings. The quantitative estimate of drug-likeness (QED) is 0.558. The summed E-state index contributed by atoms with van der Waals surface area (Å²) in [5, 5.41) is 2.85. The lowest BCUT2D eigenvalue weighted by Crippen LogP contribution is -2.30. The molecule has 4 rings (SSSR count). The summed E-state index contributed by atoms with van der Waals surface area (Å²) >= 11 is 0. The molecule has 6 nitrogen and oxygen atoms in total. The molecule has 1 heterocycles. The molecule has 32 heavy (non-hydrogen) atoms. The Hall–Kier alpha value is -3.80. The number of ether oxygens (including phenoxy) is 2. The van der Waals surface area contributed by atoms with Crippen molar-refractivity contribution in [1.29, 1.82) is 0 Å². The first-order chi connectivity index (χ1) is 15.6. The van der Waals surface area contributed by atoms with Crippen molar-refractivity contribution in [2.75, 3.05) is 16.8 Å². The maximum Gasteiger partial charge on any atom is 0.265 e. The molecule has 1 saturated heterocycles. The van der Waals surface area contributed by atoms with Gasteiger partial charge < -0.3 is 19.7 Å². The molecule has 0 aliphatic carbocycles. The zero-order valence-electron chi connectivity index (χ0n) is 18.0. The van der Waals surface area contributed by atoms with E-state index in [0.29, 0.717) is 24.5 Å². The lowest BCUT2D eigenvalue weighted by atomic mass is 10.2. The van der Waals surface area contributed by atoms with Gasteiger partial charge in [0.05, 0.1) is 0 Å². The number of nitrogens with zero attached hydrogens (tertiary/aromatic N) is 1. The summed E-state index contributed by atoms with van der Waals surface area (Å²) in [7, 11) is 0. The average Bonchev–Trinajstić information content (AvgIpc) is 3.25. The molecule has 3 aromatic rings. The SMILES string of the molecule is C[C@H](Oc1ccc(N2CCCC2=O)cc1)C(=O)Nc1ccc(OCc2ccccc2)cc1. The summed E-state index contributed by atoms with van der Waals surface area (Å²) < 4.78 is 11.5. The Morgan fingerprint density at radius 3 is 2.31 bits per heavy atom. The Morgan fingerprint density at radius 1 is 0.969 bits per heavy atom. The standard InChI is InChI=1S/C26H26N2O4/c1-19(32-24-15-11-22(12-16-24)28-17-5-8-25(28)29)26(30)27-21-9-13-23(14-10-21)31-18-20-6-3-2-4-7-20/h2-4,6-7,9-16,19H,5,8,17-18H2,1H3,(H,27,30)/t19-/m0/s1. The van der Waals surface area contributed by atoms with Crippen LogP contribution in [0.15, 0.2) is 78.9 Å². The number of carbonyl (C=O) groups is 2. The van der Waals surface area contributed by atoms with Gasteiger partial charge in [0.1, 0.15) is 18.1 Å². The number of benzene rings is 3. The van der Waals surface area contributed by atoms with E-state index in [1.807, 2.05) is 54.6 Å². The number of hydrogen-bond donors (Lipinski definition) is 1. The fourth-order valence-electron chi connectivity index (χ4n) is 3.50. The smallest absolute Gasteiger partial charge is 0.265 e. The van der Waals surface area contributed by atoms with Crippen LogP contribution in [-0.4, -0.2) is 24.5 Å². The van der Waals surface area contributed by atoms with Gasteiger partial charge in [0.25, 0.3) is 5.91 Å². The second-order valence-corrected chi connectivity index (χ2v) is 7.69. The van der Waals surface area contributed by atoms with E-state index in [1.165, 1.54) is 0 Å². The van der Waals surface area contributed by atoms with Crippen molar-refractivity contribution in [2.45, 2.75) is 32.5 Å². The minimum Gasteiger partial charge on any atom is -0.489 e. The van der Waals surface area contributed by atoms with E-state index in [0.717, 1.165) is 30.0 Å². The van der Waals surface area contributed by atoms with E-state index in [-0.39, 0.29) is 11.8 Å². The van der Waals surface area contributed by atoms with E-state index in [4.69, 9.17) is 9.47 Å². The van der Waals surface area contributed by atoms with Crippen LogP contribution in [0, 0.1) is 0 Å². The van der Waals surface area contributed by atoms with Gasteiger partial charge in [-0.2, -0.15) is 0 Å². The third kappa shape index (κ3) is 5.46. The molecule has 1 aliphatic heterocycles. The highest BCUT2D eigenvalue weighted by atomic mass is 16.5. The summed E-state index contributed by atoms with van der Waals surface area (Å²) in [6, 6.07) is 24.4. The second-order valence-electron chi connectivity index (χ2n) is 7.69. The average molecular weight is 431 g/mol. The van der Waals surface area contributed by atoms with Gasteiger partial charge in [-0.05, 0) is 67.4 Å². The van der Waals surface area contributed by atoms with Crippen molar-refractivity contribution in [3.8, 4) is 11.5 Å². The Morgan fingerprint density at radius 2 is 1.66 bits per heavy atom. The molecule has 0 unspecified atom stereocenters. The van der Waals surface area contributed by atoms with Crippen LogP contribution >= 0.6 is 0 Å². The van der Waals surface area contributed by atoms with Crippen molar-refractivity contribution >= 4 is 23.2 Å². The van der Waals surface area contributed by atoms with Crippen molar-refractivity contribution in [2.24, 2.45) is 0 Å². The zero-order valence-corrected chi connectivity index (χ0v) is 18.0. The molecule has 0 radical (unpaired) electrons.